The Hall–Kier alpha value is -1.05. The molecule has 0 aliphatic heterocycles. The van der Waals surface area contributed by atoms with Crippen molar-refractivity contribution in [2.24, 2.45) is 5.73 Å². The fourth-order valence-electron chi connectivity index (χ4n) is 1.38. The molecule has 102 valence electrons. The van der Waals surface area contributed by atoms with Crippen LogP contribution in [0.15, 0.2) is 23.1 Å². The van der Waals surface area contributed by atoms with E-state index in [0.29, 0.717) is 19.0 Å². The van der Waals surface area contributed by atoms with Crippen LogP contribution in [0.2, 0.25) is 0 Å². The number of hydrogen-bond donors (Lipinski definition) is 2. The molecule has 4 nitrogen and oxygen atoms in total. The quantitative estimate of drug-likeness (QED) is 0.740. The molecule has 0 radical (unpaired) electrons. The molecule has 0 saturated heterocycles. The molecule has 0 unspecified atom stereocenters. The largest absolute Gasteiger partial charge is 0.330 e. The Morgan fingerprint density at radius 2 is 1.83 bits per heavy atom. The second kappa shape index (κ2) is 6.77. The van der Waals surface area contributed by atoms with Crippen LogP contribution in [0.1, 0.15) is 19.3 Å². The summed E-state index contributed by atoms with van der Waals surface area (Å²) in [4.78, 5) is -0.278. The van der Waals surface area contributed by atoms with Crippen LogP contribution < -0.4 is 10.5 Å². The van der Waals surface area contributed by atoms with Crippen LogP contribution >= 0.6 is 0 Å². The van der Waals surface area contributed by atoms with Crippen LogP contribution in [-0.2, 0) is 10.0 Å². The topological polar surface area (TPSA) is 72.2 Å². The van der Waals surface area contributed by atoms with E-state index >= 15 is 0 Å². The average molecular weight is 278 g/mol. The Labute approximate surface area is 105 Å². The number of nitrogens with two attached hydrogens (primary N) is 1. The van der Waals surface area contributed by atoms with Gasteiger partial charge in [0, 0.05) is 6.54 Å². The summed E-state index contributed by atoms with van der Waals surface area (Å²) in [6.07, 6.45) is 2.30. The minimum Gasteiger partial charge on any atom is -0.330 e. The molecule has 0 heterocycles. The van der Waals surface area contributed by atoms with Gasteiger partial charge >= 0.3 is 0 Å². The zero-order valence-electron chi connectivity index (χ0n) is 9.83. The maximum atomic E-state index is 12.9. The molecular formula is C11H16F2N2O2S. The van der Waals surface area contributed by atoms with Crippen LogP contribution in [-0.4, -0.2) is 21.5 Å². The van der Waals surface area contributed by atoms with Crippen molar-refractivity contribution in [3.8, 4) is 0 Å². The monoisotopic (exact) mass is 278 g/mol. The van der Waals surface area contributed by atoms with Crippen LogP contribution in [0.5, 0.6) is 0 Å². The summed E-state index contributed by atoms with van der Waals surface area (Å²) in [7, 11) is -3.77. The third-order valence-corrected chi connectivity index (χ3v) is 3.83. The Balaban J connectivity index is 2.60. The third kappa shape index (κ3) is 4.32. The van der Waals surface area contributed by atoms with Gasteiger partial charge < -0.3 is 5.73 Å². The van der Waals surface area contributed by atoms with E-state index in [4.69, 9.17) is 5.73 Å². The second-order valence-electron chi connectivity index (χ2n) is 3.82. The SMILES string of the molecule is NCCCCCNS(=O)(=O)c1ccc(F)c(F)c1. The average Bonchev–Trinajstić information content (AvgIpc) is 2.32. The Kier molecular flexibility index (Phi) is 5.64. The molecule has 1 aromatic carbocycles. The van der Waals surface area contributed by atoms with E-state index in [1.165, 1.54) is 0 Å². The first-order valence-electron chi connectivity index (χ1n) is 5.62. The van der Waals surface area contributed by atoms with Gasteiger partial charge in [0.25, 0.3) is 0 Å². The van der Waals surface area contributed by atoms with Gasteiger partial charge in [-0.3, -0.25) is 0 Å². The molecule has 7 heteroatoms. The van der Waals surface area contributed by atoms with Crippen molar-refractivity contribution in [2.45, 2.75) is 24.2 Å². The number of halogens is 2. The number of nitrogens with one attached hydrogen (secondary N) is 1. The molecule has 0 spiro atoms. The van der Waals surface area contributed by atoms with Crippen molar-refractivity contribution in [1.29, 1.82) is 0 Å². The summed E-state index contributed by atoms with van der Waals surface area (Å²) < 4.78 is 51.3. The van der Waals surface area contributed by atoms with E-state index < -0.39 is 21.7 Å². The van der Waals surface area contributed by atoms with Crippen molar-refractivity contribution in [3.05, 3.63) is 29.8 Å². The summed E-state index contributed by atoms with van der Waals surface area (Å²) >= 11 is 0. The Morgan fingerprint density at radius 3 is 2.44 bits per heavy atom. The zero-order chi connectivity index (χ0) is 13.6. The van der Waals surface area contributed by atoms with Crippen LogP contribution in [0.4, 0.5) is 8.78 Å². The van der Waals surface area contributed by atoms with Gasteiger partial charge in [-0.05, 0) is 37.6 Å². The molecule has 1 rings (SSSR count). The Morgan fingerprint density at radius 1 is 1.11 bits per heavy atom. The van der Waals surface area contributed by atoms with E-state index in [-0.39, 0.29) is 11.4 Å². The van der Waals surface area contributed by atoms with Crippen molar-refractivity contribution in [2.75, 3.05) is 13.1 Å². The molecule has 3 N–H and O–H groups in total. The van der Waals surface area contributed by atoms with E-state index in [9.17, 15) is 17.2 Å². The molecule has 0 aliphatic carbocycles. The highest BCUT2D eigenvalue weighted by Crippen LogP contribution is 2.13. The third-order valence-electron chi connectivity index (χ3n) is 2.37. The standard InChI is InChI=1S/C11H16F2N2O2S/c12-10-5-4-9(8-11(10)13)18(16,17)15-7-3-1-2-6-14/h4-5,8,15H,1-3,6-7,14H2. The van der Waals surface area contributed by atoms with Gasteiger partial charge in [0.05, 0.1) is 4.90 Å². The van der Waals surface area contributed by atoms with Gasteiger partial charge in [-0.15, -0.1) is 0 Å². The number of benzene rings is 1. The first kappa shape index (κ1) is 15.0. The molecular weight excluding hydrogens is 262 g/mol. The van der Waals surface area contributed by atoms with E-state index in [2.05, 4.69) is 4.72 Å². The van der Waals surface area contributed by atoms with Crippen LogP contribution in [0, 0.1) is 11.6 Å². The lowest BCUT2D eigenvalue weighted by molar-refractivity contribution is 0.504. The summed E-state index contributed by atoms with van der Waals surface area (Å²) in [6, 6.07) is 2.48. The molecule has 18 heavy (non-hydrogen) atoms. The molecule has 0 aliphatic rings. The summed E-state index contributed by atoms with van der Waals surface area (Å²) in [5.74, 6) is -2.25. The maximum Gasteiger partial charge on any atom is 0.240 e. The highest BCUT2D eigenvalue weighted by Gasteiger charge is 2.15. The summed E-state index contributed by atoms with van der Waals surface area (Å²) in [5.41, 5.74) is 5.30. The van der Waals surface area contributed by atoms with Crippen molar-refractivity contribution in [1.82, 2.24) is 4.72 Å². The first-order valence-corrected chi connectivity index (χ1v) is 7.10. The minimum atomic E-state index is -3.77. The van der Waals surface area contributed by atoms with Gasteiger partial charge in [-0.25, -0.2) is 21.9 Å². The number of rotatable bonds is 7. The van der Waals surface area contributed by atoms with Gasteiger partial charge in [-0.1, -0.05) is 6.42 Å². The normalized spacial score (nSPS) is 11.7. The van der Waals surface area contributed by atoms with Crippen LogP contribution in [0.3, 0.4) is 0 Å². The highest BCUT2D eigenvalue weighted by molar-refractivity contribution is 7.89. The Bertz CT molecular complexity index is 492. The van der Waals surface area contributed by atoms with Gasteiger partial charge in [0.1, 0.15) is 0 Å². The lowest BCUT2D eigenvalue weighted by atomic mass is 10.2. The lowest BCUT2D eigenvalue weighted by Gasteiger charge is -2.06. The number of hydrogen-bond acceptors (Lipinski definition) is 3. The fourth-order valence-corrected chi connectivity index (χ4v) is 2.47. The molecule has 0 saturated carbocycles. The molecule has 0 bridgehead atoms. The summed E-state index contributed by atoms with van der Waals surface area (Å²) in [5, 5.41) is 0. The van der Waals surface area contributed by atoms with Crippen molar-refractivity contribution >= 4 is 10.0 Å². The molecule has 0 aromatic heterocycles. The van der Waals surface area contributed by atoms with E-state index in [0.717, 1.165) is 25.0 Å². The van der Waals surface area contributed by atoms with Crippen molar-refractivity contribution in [3.63, 3.8) is 0 Å². The lowest BCUT2D eigenvalue weighted by Crippen LogP contribution is -2.25. The van der Waals surface area contributed by atoms with Gasteiger partial charge in [0.15, 0.2) is 11.6 Å². The fraction of sp³-hybridized carbons (Fsp3) is 0.455. The second-order valence-corrected chi connectivity index (χ2v) is 5.59. The zero-order valence-corrected chi connectivity index (χ0v) is 10.6. The molecule has 0 fully saturated rings. The summed E-state index contributed by atoms with van der Waals surface area (Å²) in [6.45, 7) is 0.817. The molecule has 0 atom stereocenters. The first-order chi connectivity index (χ1) is 8.47. The number of unbranched alkanes of at least 4 members (excludes halogenated alkanes) is 2. The maximum absolute atomic E-state index is 12.9. The van der Waals surface area contributed by atoms with E-state index in [1.54, 1.807) is 0 Å². The van der Waals surface area contributed by atoms with Gasteiger partial charge in [-0.2, -0.15) is 0 Å². The number of sulfonamides is 1. The smallest absolute Gasteiger partial charge is 0.240 e. The highest BCUT2D eigenvalue weighted by atomic mass is 32.2. The van der Waals surface area contributed by atoms with E-state index in [1.807, 2.05) is 0 Å². The molecule has 0 amide bonds. The van der Waals surface area contributed by atoms with Crippen molar-refractivity contribution < 1.29 is 17.2 Å². The predicted octanol–water partition coefficient (Wildman–Crippen LogP) is 1.37. The van der Waals surface area contributed by atoms with Crippen LogP contribution in [0.25, 0.3) is 0 Å². The minimum absolute atomic E-state index is 0.251. The predicted molar refractivity (Wildman–Crippen MR) is 64.5 cm³/mol. The molecule has 1 aromatic rings. The van der Waals surface area contributed by atoms with Gasteiger partial charge in [0.2, 0.25) is 10.0 Å².